The van der Waals surface area contributed by atoms with Crippen molar-refractivity contribution in [2.75, 3.05) is 0 Å². The summed E-state index contributed by atoms with van der Waals surface area (Å²) in [7, 11) is 0. The zero-order valence-electron chi connectivity index (χ0n) is 8.14. The van der Waals surface area contributed by atoms with Crippen LogP contribution in [0.5, 0.6) is 0 Å². The predicted octanol–water partition coefficient (Wildman–Crippen LogP) is 4.05. The highest BCUT2D eigenvalue weighted by molar-refractivity contribution is 6.30. The van der Waals surface area contributed by atoms with Crippen LogP contribution in [0.15, 0.2) is 18.2 Å². The molecule has 0 aromatic heterocycles. The van der Waals surface area contributed by atoms with E-state index in [9.17, 15) is 22.0 Å². The Morgan fingerprint density at radius 3 is 2.12 bits per heavy atom. The van der Waals surface area contributed by atoms with Crippen LogP contribution in [-0.4, -0.2) is 6.43 Å². The Bertz CT molecular complexity index is 380. The van der Waals surface area contributed by atoms with Gasteiger partial charge in [0.1, 0.15) is 0 Å². The molecule has 0 saturated heterocycles. The molecule has 0 aliphatic rings. The van der Waals surface area contributed by atoms with Gasteiger partial charge in [-0.1, -0.05) is 17.7 Å². The second-order valence-corrected chi connectivity index (χ2v) is 3.53. The van der Waals surface area contributed by atoms with Crippen LogP contribution in [0.3, 0.4) is 0 Å². The molecule has 1 nitrogen and oxygen atoms in total. The van der Waals surface area contributed by atoms with E-state index in [1.807, 2.05) is 0 Å². The fraction of sp³-hybridized carbons (Fsp3) is 0.333. The monoisotopic (exact) mass is 295 g/mol. The number of benzene rings is 1. The standard InChI is InChI=1S/C9H7ClF5N.ClH/c10-4-1-2-5(7(16)8(11)12)6(3-4)9(13,14)15;/h1-3,7-8H,16H2;1H/t7-;/m0./s1. The quantitative estimate of drug-likeness (QED) is 0.819. The second kappa shape index (κ2) is 5.84. The lowest BCUT2D eigenvalue weighted by atomic mass is 10.0. The minimum absolute atomic E-state index is 0. The van der Waals surface area contributed by atoms with Crippen LogP contribution in [0, 0.1) is 0 Å². The molecule has 0 radical (unpaired) electrons. The zero-order valence-corrected chi connectivity index (χ0v) is 9.71. The summed E-state index contributed by atoms with van der Waals surface area (Å²) in [5.41, 5.74) is 3.10. The van der Waals surface area contributed by atoms with Gasteiger partial charge in [0.2, 0.25) is 0 Å². The molecule has 1 atom stereocenters. The number of hydrogen-bond donors (Lipinski definition) is 1. The van der Waals surface area contributed by atoms with Gasteiger partial charge in [-0.2, -0.15) is 13.2 Å². The molecule has 0 amide bonds. The summed E-state index contributed by atoms with van der Waals surface area (Å²) < 4.78 is 62.0. The summed E-state index contributed by atoms with van der Waals surface area (Å²) in [4.78, 5) is 0. The van der Waals surface area contributed by atoms with Crippen LogP contribution in [0.1, 0.15) is 17.2 Å². The number of alkyl halides is 5. The summed E-state index contributed by atoms with van der Waals surface area (Å²) in [6.45, 7) is 0. The first-order valence-electron chi connectivity index (χ1n) is 4.14. The van der Waals surface area contributed by atoms with E-state index in [1.54, 1.807) is 0 Å². The SMILES string of the molecule is Cl.N[C@@H](c1ccc(Cl)cc1C(F)(F)F)C(F)F. The fourth-order valence-electron chi connectivity index (χ4n) is 1.20. The van der Waals surface area contributed by atoms with E-state index < -0.39 is 29.8 Å². The van der Waals surface area contributed by atoms with Gasteiger partial charge in [-0.3, -0.25) is 0 Å². The Labute approximate surface area is 105 Å². The Balaban J connectivity index is 0.00000256. The summed E-state index contributed by atoms with van der Waals surface area (Å²) >= 11 is 5.38. The molecular formula is C9H8Cl2F5N. The molecule has 0 heterocycles. The third-order valence-electron chi connectivity index (χ3n) is 1.95. The first kappa shape index (κ1) is 16.4. The van der Waals surface area contributed by atoms with Gasteiger partial charge in [-0.25, -0.2) is 8.78 Å². The molecule has 0 spiro atoms. The van der Waals surface area contributed by atoms with Crippen LogP contribution in [0.4, 0.5) is 22.0 Å². The first-order chi connectivity index (χ1) is 7.23. The molecule has 0 aliphatic heterocycles. The van der Waals surface area contributed by atoms with E-state index in [2.05, 4.69) is 0 Å². The van der Waals surface area contributed by atoms with Crippen molar-refractivity contribution in [3.8, 4) is 0 Å². The Kier molecular flexibility index (Phi) is 5.64. The van der Waals surface area contributed by atoms with Crippen molar-refractivity contribution in [3.63, 3.8) is 0 Å². The largest absolute Gasteiger partial charge is 0.416 e. The Morgan fingerprint density at radius 1 is 1.18 bits per heavy atom. The lowest BCUT2D eigenvalue weighted by Crippen LogP contribution is -2.23. The lowest BCUT2D eigenvalue weighted by molar-refractivity contribution is -0.138. The first-order valence-corrected chi connectivity index (χ1v) is 4.51. The normalized spacial score (nSPS) is 13.4. The van der Waals surface area contributed by atoms with E-state index in [0.29, 0.717) is 6.07 Å². The van der Waals surface area contributed by atoms with E-state index in [0.717, 1.165) is 12.1 Å². The molecule has 98 valence electrons. The number of hydrogen-bond acceptors (Lipinski definition) is 1. The van der Waals surface area contributed by atoms with Crippen molar-refractivity contribution in [1.82, 2.24) is 0 Å². The van der Waals surface area contributed by atoms with Gasteiger partial charge in [0.25, 0.3) is 6.43 Å². The maximum atomic E-state index is 12.5. The van der Waals surface area contributed by atoms with Gasteiger partial charge in [0.15, 0.2) is 0 Å². The highest BCUT2D eigenvalue weighted by Crippen LogP contribution is 2.36. The van der Waals surface area contributed by atoms with E-state index in [1.165, 1.54) is 0 Å². The maximum absolute atomic E-state index is 12.5. The summed E-state index contributed by atoms with van der Waals surface area (Å²) in [6.07, 6.45) is -7.82. The Morgan fingerprint density at radius 2 is 1.71 bits per heavy atom. The maximum Gasteiger partial charge on any atom is 0.416 e. The molecule has 0 saturated carbocycles. The number of rotatable bonds is 2. The summed E-state index contributed by atoms with van der Waals surface area (Å²) in [5, 5.41) is -0.183. The Hall–Kier alpha value is -0.590. The molecule has 1 aromatic carbocycles. The second-order valence-electron chi connectivity index (χ2n) is 3.09. The highest BCUT2D eigenvalue weighted by Gasteiger charge is 2.36. The van der Waals surface area contributed by atoms with Crippen LogP contribution >= 0.6 is 24.0 Å². The summed E-state index contributed by atoms with van der Waals surface area (Å²) in [5.74, 6) is 0. The summed E-state index contributed by atoms with van der Waals surface area (Å²) in [6, 6.07) is 0.559. The smallest absolute Gasteiger partial charge is 0.319 e. The third-order valence-corrected chi connectivity index (χ3v) is 2.19. The lowest BCUT2D eigenvalue weighted by Gasteiger charge is -2.17. The zero-order chi connectivity index (χ0) is 12.5. The number of nitrogens with two attached hydrogens (primary N) is 1. The molecule has 8 heteroatoms. The predicted molar refractivity (Wildman–Crippen MR) is 56.6 cm³/mol. The number of halogens is 7. The molecule has 0 fully saturated rings. The third kappa shape index (κ3) is 3.97. The van der Waals surface area contributed by atoms with Gasteiger partial charge in [-0.05, 0) is 17.7 Å². The molecule has 0 bridgehead atoms. The van der Waals surface area contributed by atoms with Crippen molar-refractivity contribution < 1.29 is 22.0 Å². The fourth-order valence-corrected chi connectivity index (χ4v) is 1.37. The van der Waals surface area contributed by atoms with Crippen molar-refractivity contribution >= 4 is 24.0 Å². The molecule has 0 aliphatic carbocycles. The van der Waals surface area contributed by atoms with Gasteiger partial charge in [0.05, 0.1) is 11.6 Å². The van der Waals surface area contributed by atoms with Gasteiger partial charge < -0.3 is 5.73 Å². The van der Waals surface area contributed by atoms with Gasteiger partial charge in [0, 0.05) is 5.02 Å². The van der Waals surface area contributed by atoms with E-state index >= 15 is 0 Å². The van der Waals surface area contributed by atoms with Crippen LogP contribution in [0.25, 0.3) is 0 Å². The molecule has 1 aromatic rings. The molecular weight excluding hydrogens is 288 g/mol. The van der Waals surface area contributed by atoms with Crippen molar-refractivity contribution in [2.24, 2.45) is 5.73 Å². The van der Waals surface area contributed by atoms with Crippen LogP contribution in [0.2, 0.25) is 5.02 Å². The van der Waals surface area contributed by atoms with E-state index in [4.69, 9.17) is 17.3 Å². The van der Waals surface area contributed by atoms with Crippen LogP contribution < -0.4 is 5.73 Å². The van der Waals surface area contributed by atoms with Crippen LogP contribution in [-0.2, 0) is 6.18 Å². The topological polar surface area (TPSA) is 26.0 Å². The average molecular weight is 296 g/mol. The van der Waals surface area contributed by atoms with Crippen molar-refractivity contribution in [3.05, 3.63) is 34.3 Å². The van der Waals surface area contributed by atoms with Gasteiger partial charge in [-0.15, -0.1) is 12.4 Å². The average Bonchev–Trinajstić information content (AvgIpc) is 2.15. The van der Waals surface area contributed by atoms with E-state index in [-0.39, 0.29) is 17.4 Å². The van der Waals surface area contributed by atoms with Crippen molar-refractivity contribution in [1.29, 1.82) is 0 Å². The van der Waals surface area contributed by atoms with Crippen molar-refractivity contribution in [2.45, 2.75) is 18.6 Å². The molecule has 2 N–H and O–H groups in total. The highest BCUT2D eigenvalue weighted by atomic mass is 35.5. The molecule has 1 rings (SSSR count). The molecule has 17 heavy (non-hydrogen) atoms. The molecule has 0 unspecified atom stereocenters. The minimum Gasteiger partial charge on any atom is -0.319 e. The minimum atomic E-state index is -4.76. The van der Waals surface area contributed by atoms with Gasteiger partial charge >= 0.3 is 6.18 Å².